The van der Waals surface area contributed by atoms with Crippen LogP contribution in [0.5, 0.6) is 0 Å². The zero-order valence-electron chi connectivity index (χ0n) is 13.8. The molecule has 0 unspecified atom stereocenters. The number of rotatable bonds is 7. The number of Topliss-reactive ketones (excluding diaryl/α,β-unsaturated/α-hetero) is 1. The van der Waals surface area contributed by atoms with E-state index < -0.39 is 5.97 Å². The van der Waals surface area contributed by atoms with Crippen LogP contribution in [0.25, 0.3) is 0 Å². The van der Waals surface area contributed by atoms with E-state index >= 15 is 0 Å². The Hall–Kier alpha value is -2.86. The number of benzene rings is 2. The molecule has 1 aromatic heterocycles. The number of furan rings is 1. The molecule has 0 saturated carbocycles. The van der Waals surface area contributed by atoms with E-state index in [1.54, 1.807) is 54.8 Å². The molecule has 0 spiro atoms. The molecule has 1 N–H and O–H groups in total. The lowest BCUT2D eigenvalue weighted by Gasteiger charge is -2.11. The van der Waals surface area contributed by atoms with Gasteiger partial charge in [0.15, 0.2) is 12.4 Å². The van der Waals surface area contributed by atoms with Crippen molar-refractivity contribution in [3.63, 3.8) is 0 Å². The van der Waals surface area contributed by atoms with Crippen molar-refractivity contribution in [3.05, 3.63) is 88.3 Å². The van der Waals surface area contributed by atoms with Crippen molar-refractivity contribution in [2.75, 3.05) is 11.9 Å². The molecular weight excluding hydrogens is 398 g/mol. The Morgan fingerprint density at radius 3 is 2.50 bits per heavy atom. The van der Waals surface area contributed by atoms with Gasteiger partial charge in [-0.15, -0.1) is 0 Å². The Labute approximate surface area is 159 Å². The molecule has 26 heavy (non-hydrogen) atoms. The summed E-state index contributed by atoms with van der Waals surface area (Å²) in [6.07, 6.45) is 1.59. The van der Waals surface area contributed by atoms with Gasteiger partial charge in [0.2, 0.25) is 0 Å². The summed E-state index contributed by atoms with van der Waals surface area (Å²) in [4.78, 5) is 24.5. The highest BCUT2D eigenvalue weighted by atomic mass is 79.9. The average molecular weight is 414 g/mol. The van der Waals surface area contributed by atoms with Crippen molar-refractivity contribution in [2.24, 2.45) is 0 Å². The van der Waals surface area contributed by atoms with Gasteiger partial charge in [-0.05, 0) is 36.4 Å². The number of ketones is 1. The van der Waals surface area contributed by atoms with Crippen molar-refractivity contribution in [1.29, 1.82) is 0 Å². The van der Waals surface area contributed by atoms with Crippen LogP contribution in [0.3, 0.4) is 0 Å². The summed E-state index contributed by atoms with van der Waals surface area (Å²) in [6, 6.07) is 17.5. The predicted octanol–water partition coefficient (Wildman–Crippen LogP) is 4.69. The molecule has 0 atom stereocenters. The van der Waals surface area contributed by atoms with Crippen LogP contribution in [-0.2, 0) is 11.3 Å². The maximum absolute atomic E-state index is 12.4. The SMILES string of the molecule is O=C(COC(=O)c1ccccc1NCc1ccco1)c1ccc(Br)cc1. The van der Waals surface area contributed by atoms with Gasteiger partial charge in [0, 0.05) is 15.7 Å². The summed E-state index contributed by atoms with van der Waals surface area (Å²) >= 11 is 3.31. The van der Waals surface area contributed by atoms with Crippen LogP contribution in [0.2, 0.25) is 0 Å². The monoisotopic (exact) mass is 413 g/mol. The summed E-state index contributed by atoms with van der Waals surface area (Å²) < 4.78 is 11.3. The second-order valence-electron chi connectivity index (χ2n) is 5.48. The number of carbonyl (C=O) groups is 2. The number of halogens is 1. The Balaban J connectivity index is 1.62. The van der Waals surface area contributed by atoms with Crippen LogP contribution in [0.15, 0.2) is 75.8 Å². The molecule has 0 saturated heterocycles. The minimum Gasteiger partial charge on any atom is -0.467 e. The van der Waals surface area contributed by atoms with Crippen LogP contribution >= 0.6 is 15.9 Å². The third-order valence-electron chi connectivity index (χ3n) is 3.68. The zero-order valence-corrected chi connectivity index (χ0v) is 15.4. The molecule has 1 heterocycles. The minimum absolute atomic E-state index is 0.258. The zero-order chi connectivity index (χ0) is 18.4. The topological polar surface area (TPSA) is 68.5 Å². The van der Waals surface area contributed by atoms with E-state index in [2.05, 4.69) is 21.2 Å². The predicted molar refractivity (Wildman–Crippen MR) is 101 cm³/mol. The molecule has 0 bridgehead atoms. The Kier molecular flexibility index (Phi) is 5.86. The van der Waals surface area contributed by atoms with Gasteiger partial charge in [-0.25, -0.2) is 4.79 Å². The molecule has 6 heteroatoms. The number of para-hydroxylation sites is 1. The van der Waals surface area contributed by atoms with E-state index in [9.17, 15) is 9.59 Å². The first-order valence-corrected chi connectivity index (χ1v) is 8.74. The molecule has 2 aromatic carbocycles. The first-order chi connectivity index (χ1) is 12.6. The first kappa shape index (κ1) is 17.9. The standard InChI is InChI=1S/C20H16BrNO4/c21-15-9-7-14(8-10-15)19(23)13-26-20(24)17-5-1-2-6-18(17)22-12-16-4-3-11-25-16/h1-11,22H,12-13H2. The molecule has 0 fully saturated rings. The van der Waals surface area contributed by atoms with Gasteiger partial charge in [-0.2, -0.15) is 0 Å². The highest BCUT2D eigenvalue weighted by Crippen LogP contribution is 2.18. The Morgan fingerprint density at radius 1 is 1.00 bits per heavy atom. The molecule has 0 radical (unpaired) electrons. The quantitative estimate of drug-likeness (QED) is 0.449. The lowest BCUT2D eigenvalue weighted by atomic mass is 10.1. The smallest absolute Gasteiger partial charge is 0.340 e. The summed E-state index contributed by atoms with van der Waals surface area (Å²) in [5, 5.41) is 3.14. The van der Waals surface area contributed by atoms with E-state index in [0.717, 1.165) is 10.2 Å². The molecule has 0 aliphatic rings. The van der Waals surface area contributed by atoms with E-state index in [-0.39, 0.29) is 12.4 Å². The van der Waals surface area contributed by atoms with Crippen LogP contribution in [0.4, 0.5) is 5.69 Å². The van der Waals surface area contributed by atoms with Gasteiger partial charge in [0.05, 0.1) is 18.4 Å². The van der Waals surface area contributed by atoms with Gasteiger partial charge in [0.1, 0.15) is 5.76 Å². The number of anilines is 1. The maximum Gasteiger partial charge on any atom is 0.340 e. The third kappa shape index (κ3) is 4.61. The number of esters is 1. The van der Waals surface area contributed by atoms with Gasteiger partial charge in [-0.3, -0.25) is 4.79 Å². The number of carbonyl (C=O) groups excluding carboxylic acids is 2. The van der Waals surface area contributed by atoms with Crippen LogP contribution in [0, 0.1) is 0 Å². The van der Waals surface area contributed by atoms with Crippen LogP contribution in [-0.4, -0.2) is 18.4 Å². The lowest BCUT2D eigenvalue weighted by molar-refractivity contribution is 0.0475. The van der Waals surface area contributed by atoms with Crippen molar-refractivity contribution < 1.29 is 18.7 Å². The van der Waals surface area contributed by atoms with Gasteiger partial charge >= 0.3 is 5.97 Å². The van der Waals surface area contributed by atoms with Crippen molar-refractivity contribution in [1.82, 2.24) is 0 Å². The largest absolute Gasteiger partial charge is 0.467 e. The molecule has 0 aliphatic carbocycles. The molecule has 0 amide bonds. The average Bonchev–Trinajstić information content (AvgIpc) is 3.18. The van der Waals surface area contributed by atoms with Crippen molar-refractivity contribution in [2.45, 2.75) is 6.54 Å². The van der Waals surface area contributed by atoms with Crippen molar-refractivity contribution >= 4 is 33.4 Å². The fourth-order valence-electron chi connectivity index (χ4n) is 2.34. The first-order valence-electron chi connectivity index (χ1n) is 7.94. The fourth-order valence-corrected chi connectivity index (χ4v) is 2.60. The highest BCUT2D eigenvalue weighted by molar-refractivity contribution is 9.10. The Morgan fingerprint density at radius 2 is 1.77 bits per heavy atom. The maximum atomic E-state index is 12.4. The molecule has 3 aromatic rings. The minimum atomic E-state index is -0.557. The summed E-state index contributed by atoms with van der Waals surface area (Å²) in [5.41, 5.74) is 1.47. The number of hydrogen-bond donors (Lipinski definition) is 1. The second-order valence-corrected chi connectivity index (χ2v) is 6.40. The van der Waals surface area contributed by atoms with Crippen molar-refractivity contribution in [3.8, 4) is 0 Å². The van der Waals surface area contributed by atoms with Gasteiger partial charge < -0.3 is 14.5 Å². The second kappa shape index (κ2) is 8.49. The van der Waals surface area contributed by atoms with Crippen LogP contribution in [0.1, 0.15) is 26.5 Å². The summed E-state index contributed by atoms with van der Waals surface area (Å²) in [6.45, 7) is 0.127. The van der Waals surface area contributed by atoms with E-state index in [4.69, 9.17) is 9.15 Å². The van der Waals surface area contributed by atoms with E-state index in [1.807, 2.05) is 12.1 Å². The summed E-state index contributed by atoms with van der Waals surface area (Å²) in [5.74, 6) is -0.0662. The molecular formula is C20H16BrNO4. The molecule has 0 aliphatic heterocycles. The molecule has 3 rings (SSSR count). The number of hydrogen-bond acceptors (Lipinski definition) is 5. The molecule has 132 valence electrons. The van der Waals surface area contributed by atoms with Crippen LogP contribution < -0.4 is 5.32 Å². The lowest BCUT2D eigenvalue weighted by Crippen LogP contribution is -2.15. The normalized spacial score (nSPS) is 10.3. The number of ether oxygens (including phenoxy) is 1. The van der Waals surface area contributed by atoms with Gasteiger partial charge in [0.25, 0.3) is 0 Å². The number of nitrogens with one attached hydrogen (secondary N) is 1. The highest BCUT2D eigenvalue weighted by Gasteiger charge is 2.15. The third-order valence-corrected chi connectivity index (χ3v) is 4.21. The molecule has 5 nitrogen and oxygen atoms in total. The summed E-state index contributed by atoms with van der Waals surface area (Å²) in [7, 11) is 0. The van der Waals surface area contributed by atoms with Gasteiger partial charge in [-0.1, -0.05) is 40.2 Å². The fraction of sp³-hybridized carbons (Fsp3) is 0.100. The van der Waals surface area contributed by atoms with E-state index in [1.165, 1.54) is 0 Å². The van der Waals surface area contributed by atoms with E-state index in [0.29, 0.717) is 23.4 Å². The Bertz CT molecular complexity index is 888.